The smallest absolute Gasteiger partial charge is 0.343 e. The van der Waals surface area contributed by atoms with E-state index >= 15 is 0 Å². The van der Waals surface area contributed by atoms with Crippen LogP contribution in [0.1, 0.15) is 45.1 Å². The number of esters is 2. The molecule has 1 fully saturated rings. The number of benzene rings is 1. The van der Waals surface area contributed by atoms with Gasteiger partial charge in [0, 0.05) is 24.3 Å². The Hall–Kier alpha value is -2.48. The number of fused-ring (bicyclic) bond motifs is 3. The molecule has 1 aromatic rings. The molecular weight excluding hydrogens is 400 g/mol. The second kappa shape index (κ2) is 8.22. The first-order chi connectivity index (χ1) is 14.7. The summed E-state index contributed by atoms with van der Waals surface area (Å²) in [4.78, 5) is 24.8. The Morgan fingerprint density at radius 2 is 2.00 bits per heavy atom. The van der Waals surface area contributed by atoms with Crippen molar-refractivity contribution < 1.29 is 34.0 Å². The lowest BCUT2D eigenvalue weighted by molar-refractivity contribution is -0.238. The van der Waals surface area contributed by atoms with Gasteiger partial charge in [0.15, 0.2) is 5.79 Å². The maximum atomic E-state index is 12.5. The highest BCUT2D eigenvalue weighted by Gasteiger charge is 2.51. The number of aliphatic hydroxyl groups is 2. The normalized spacial score (nSPS) is 34.2. The molecule has 4 rings (SSSR count). The number of carbonyl (C=O) groups is 2. The van der Waals surface area contributed by atoms with E-state index in [0.29, 0.717) is 24.8 Å². The average molecular weight is 428 g/mol. The van der Waals surface area contributed by atoms with Gasteiger partial charge in [-0.15, -0.1) is 0 Å². The molecule has 1 aromatic carbocycles. The molecule has 166 valence electrons. The number of carbonyl (C=O) groups excluding carboxylic acids is 2. The van der Waals surface area contributed by atoms with Gasteiger partial charge >= 0.3 is 11.9 Å². The molecule has 0 spiro atoms. The molecule has 0 aliphatic carbocycles. The van der Waals surface area contributed by atoms with Crippen LogP contribution in [0.25, 0.3) is 0 Å². The van der Waals surface area contributed by atoms with Crippen LogP contribution in [0.2, 0.25) is 0 Å². The molecule has 2 unspecified atom stereocenters. The first-order valence-electron chi connectivity index (χ1n) is 10.7. The average Bonchev–Trinajstić information content (AvgIpc) is 3.21. The van der Waals surface area contributed by atoms with Gasteiger partial charge in [0.1, 0.15) is 12.4 Å². The Labute approximate surface area is 181 Å². The van der Waals surface area contributed by atoms with E-state index in [4.69, 9.17) is 14.2 Å². The summed E-state index contributed by atoms with van der Waals surface area (Å²) in [6.07, 6.45) is 2.48. The summed E-state index contributed by atoms with van der Waals surface area (Å²) in [6, 6.07) is 9.59. The molecule has 31 heavy (non-hydrogen) atoms. The summed E-state index contributed by atoms with van der Waals surface area (Å²) in [6.45, 7) is 3.35. The molecule has 4 atom stereocenters. The Morgan fingerprint density at radius 1 is 1.26 bits per heavy atom. The molecule has 7 heteroatoms. The third-order valence-corrected chi connectivity index (χ3v) is 6.38. The van der Waals surface area contributed by atoms with Gasteiger partial charge in [-0.25, -0.2) is 4.79 Å². The maximum absolute atomic E-state index is 12.5. The summed E-state index contributed by atoms with van der Waals surface area (Å²) >= 11 is 0. The maximum Gasteiger partial charge on any atom is 0.343 e. The second-order valence-corrected chi connectivity index (χ2v) is 8.85. The van der Waals surface area contributed by atoms with Gasteiger partial charge in [0.25, 0.3) is 0 Å². The summed E-state index contributed by atoms with van der Waals surface area (Å²) in [7, 11) is 0. The lowest BCUT2D eigenvalue weighted by Crippen LogP contribution is -2.39. The van der Waals surface area contributed by atoms with Gasteiger partial charge in [-0.2, -0.15) is 0 Å². The van der Waals surface area contributed by atoms with Crippen molar-refractivity contribution >= 4 is 11.9 Å². The van der Waals surface area contributed by atoms with Crippen molar-refractivity contribution in [3.05, 3.63) is 58.9 Å². The van der Waals surface area contributed by atoms with Gasteiger partial charge in [-0.3, -0.25) is 4.79 Å². The summed E-state index contributed by atoms with van der Waals surface area (Å²) < 4.78 is 16.7. The van der Waals surface area contributed by atoms with E-state index < -0.39 is 29.4 Å². The third-order valence-electron chi connectivity index (χ3n) is 6.38. The molecule has 3 heterocycles. The van der Waals surface area contributed by atoms with Gasteiger partial charge in [-0.1, -0.05) is 37.3 Å². The second-order valence-electron chi connectivity index (χ2n) is 8.85. The van der Waals surface area contributed by atoms with E-state index in [0.717, 1.165) is 5.56 Å². The van der Waals surface area contributed by atoms with Gasteiger partial charge in [0.05, 0.1) is 17.3 Å². The standard InChI is InChI=1S/C24H28O7/c1-15-12-18(25)21-17(14-29-20(26)9-8-16-6-4-3-5-7-16)22(27)30-19(21)13-23(2)10-11-24(15,28)31-23/h3-7,13,15,18,25,28H,8-12,14H2,1-2H3/b19-13+/t15-,18+,23?,24?/m1/s1. The van der Waals surface area contributed by atoms with E-state index in [-0.39, 0.29) is 36.7 Å². The number of hydrogen-bond donors (Lipinski definition) is 2. The molecule has 2 N–H and O–H groups in total. The van der Waals surface area contributed by atoms with Crippen LogP contribution in [0.3, 0.4) is 0 Å². The van der Waals surface area contributed by atoms with Crippen molar-refractivity contribution in [3.8, 4) is 0 Å². The Balaban J connectivity index is 1.52. The Bertz CT molecular complexity index is 935. The first-order valence-corrected chi connectivity index (χ1v) is 10.7. The van der Waals surface area contributed by atoms with Crippen LogP contribution in [-0.2, 0) is 30.2 Å². The largest absolute Gasteiger partial charge is 0.460 e. The number of ether oxygens (including phenoxy) is 3. The van der Waals surface area contributed by atoms with Gasteiger partial charge < -0.3 is 24.4 Å². The predicted molar refractivity (Wildman–Crippen MR) is 110 cm³/mol. The molecule has 0 aromatic heterocycles. The fraction of sp³-hybridized carbons (Fsp3) is 0.500. The van der Waals surface area contributed by atoms with Gasteiger partial charge in [0.2, 0.25) is 0 Å². The molecule has 3 aliphatic heterocycles. The monoisotopic (exact) mass is 428 g/mol. The fourth-order valence-corrected chi connectivity index (χ4v) is 4.50. The SMILES string of the molecule is C[C@@H]1C[C@H](O)C2=C(COC(=O)CCc3ccccc3)C(=O)O/C2=C/C2(C)CCC1(O)O2. The van der Waals surface area contributed by atoms with E-state index in [1.54, 1.807) is 13.0 Å². The molecule has 0 amide bonds. The highest BCUT2D eigenvalue weighted by molar-refractivity contribution is 5.95. The molecule has 0 saturated carbocycles. The Morgan fingerprint density at radius 3 is 2.74 bits per heavy atom. The van der Waals surface area contributed by atoms with Crippen LogP contribution in [0, 0.1) is 5.92 Å². The first kappa shape index (κ1) is 21.7. The van der Waals surface area contributed by atoms with Crippen LogP contribution in [0.15, 0.2) is 53.3 Å². The van der Waals surface area contributed by atoms with E-state index in [1.807, 2.05) is 37.3 Å². The molecule has 7 nitrogen and oxygen atoms in total. The quantitative estimate of drug-likeness (QED) is 0.695. The summed E-state index contributed by atoms with van der Waals surface area (Å²) in [5, 5.41) is 21.7. The predicted octanol–water partition coefficient (Wildman–Crippen LogP) is 2.56. The number of hydrogen-bond acceptors (Lipinski definition) is 7. The van der Waals surface area contributed by atoms with Crippen molar-refractivity contribution in [3.63, 3.8) is 0 Å². The summed E-state index contributed by atoms with van der Waals surface area (Å²) in [5.74, 6) is -2.57. The topological polar surface area (TPSA) is 102 Å². The zero-order valence-corrected chi connectivity index (χ0v) is 17.8. The lowest BCUT2D eigenvalue weighted by atomic mass is 9.86. The third kappa shape index (κ3) is 4.44. The van der Waals surface area contributed by atoms with E-state index in [1.165, 1.54) is 0 Å². The number of aliphatic hydroxyl groups excluding tert-OH is 1. The summed E-state index contributed by atoms with van der Waals surface area (Å²) in [5.41, 5.74) is 0.644. The van der Waals surface area contributed by atoms with Crippen molar-refractivity contribution in [2.75, 3.05) is 6.61 Å². The zero-order chi connectivity index (χ0) is 22.2. The molecule has 2 bridgehead atoms. The molecule has 3 aliphatic rings. The van der Waals surface area contributed by atoms with Crippen LogP contribution in [-0.4, -0.2) is 46.3 Å². The van der Waals surface area contributed by atoms with Crippen LogP contribution >= 0.6 is 0 Å². The number of rotatable bonds is 5. The van der Waals surface area contributed by atoms with Crippen LogP contribution in [0.5, 0.6) is 0 Å². The van der Waals surface area contributed by atoms with Crippen LogP contribution < -0.4 is 0 Å². The minimum absolute atomic E-state index is 0.132. The lowest BCUT2D eigenvalue weighted by Gasteiger charge is -2.32. The van der Waals surface area contributed by atoms with E-state index in [9.17, 15) is 19.8 Å². The molecule has 0 radical (unpaired) electrons. The minimum Gasteiger partial charge on any atom is -0.460 e. The zero-order valence-electron chi connectivity index (χ0n) is 17.8. The fourth-order valence-electron chi connectivity index (χ4n) is 4.50. The van der Waals surface area contributed by atoms with Crippen molar-refractivity contribution in [1.82, 2.24) is 0 Å². The van der Waals surface area contributed by atoms with Crippen molar-refractivity contribution in [2.45, 2.75) is 63.4 Å². The van der Waals surface area contributed by atoms with Crippen molar-refractivity contribution in [1.29, 1.82) is 0 Å². The van der Waals surface area contributed by atoms with Crippen LogP contribution in [0.4, 0.5) is 0 Å². The van der Waals surface area contributed by atoms with Gasteiger partial charge in [-0.05, 0) is 37.8 Å². The molecule has 1 saturated heterocycles. The van der Waals surface area contributed by atoms with Crippen molar-refractivity contribution in [2.24, 2.45) is 5.92 Å². The highest BCUT2D eigenvalue weighted by Crippen LogP contribution is 2.47. The highest BCUT2D eigenvalue weighted by atomic mass is 16.6. The molecular formula is C24H28O7. The minimum atomic E-state index is -1.35. The number of aryl methyl sites for hydroxylation is 1. The van der Waals surface area contributed by atoms with E-state index in [2.05, 4.69) is 0 Å². The Kier molecular flexibility index (Phi) is 5.77.